The maximum atomic E-state index is 9.77. The fraction of sp³-hybridized carbons (Fsp3) is 0.562. The topological polar surface area (TPSA) is 64.2 Å². The van der Waals surface area contributed by atoms with Crippen LogP contribution >= 0.6 is 0 Å². The van der Waals surface area contributed by atoms with Gasteiger partial charge in [-0.2, -0.15) is 5.26 Å². The summed E-state index contributed by atoms with van der Waals surface area (Å²) < 4.78 is 0. The Bertz CT molecular complexity index is 526. The standard InChI is InChI=1S/C16H26BNO2Si/c1-6-21(7-2,8-3)16-14(11-18)13(12(4)5)9-10-15(16)17(19)20/h9-10,12,19-20H,6-8H2,1-5H3. The molecule has 21 heavy (non-hydrogen) atoms. The molecule has 0 heterocycles. The van der Waals surface area contributed by atoms with Gasteiger partial charge in [0.2, 0.25) is 0 Å². The summed E-state index contributed by atoms with van der Waals surface area (Å²) in [7, 11) is -3.40. The molecular weight excluding hydrogens is 277 g/mol. The Morgan fingerprint density at radius 2 is 1.67 bits per heavy atom. The molecule has 1 aromatic rings. The van der Waals surface area contributed by atoms with Crippen LogP contribution in [0.4, 0.5) is 0 Å². The van der Waals surface area contributed by atoms with Gasteiger partial charge >= 0.3 is 7.12 Å². The summed E-state index contributed by atoms with van der Waals surface area (Å²) in [5.41, 5.74) is 2.24. The van der Waals surface area contributed by atoms with Crippen LogP contribution in [-0.2, 0) is 0 Å². The lowest BCUT2D eigenvalue weighted by Gasteiger charge is -2.33. The molecule has 0 spiro atoms. The van der Waals surface area contributed by atoms with Crippen molar-refractivity contribution in [1.29, 1.82) is 5.26 Å². The Kier molecular flexibility index (Phi) is 6.21. The fourth-order valence-corrected chi connectivity index (χ4v) is 7.42. The van der Waals surface area contributed by atoms with Gasteiger partial charge in [-0.05, 0) is 22.1 Å². The number of nitriles is 1. The first kappa shape index (κ1) is 18.0. The molecule has 0 atom stereocenters. The normalized spacial score (nSPS) is 11.6. The van der Waals surface area contributed by atoms with Crippen LogP contribution in [-0.4, -0.2) is 25.2 Å². The lowest BCUT2D eigenvalue weighted by Crippen LogP contribution is -2.58. The summed E-state index contributed by atoms with van der Waals surface area (Å²) in [5.74, 6) is 0.251. The molecule has 0 bridgehead atoms. The summed E-state index contributed by atoms with van der Waals surface area (Å²) >= 11 is 0. The van der Waals surface area contributed by atoms with E-state index < -0.39 is 15.2 Å². The van der Waals surface area contributed by atoms with E-state index in [1.165, 1.54) is 0 Å². The van der Waals surface area contributed by atoms with E-state index in [0.29, 0.717) is 11.0 Å². The minimum absolute atomic E-state index is 0.251. The SMILES string of the molecule is CC[Si](CC)(CC)c1c(B(O)O)ccc(C(C)C)c1C#N. The number of hydrogen-bond acceptors (Lipinski definition) is 3. The molecule has 0 aliphatic rings. The van der Waals surface area contributed by atoms with E-state index in [1.807, 2.05) is 6.07 Å². The molecule has 0 unspecified atom stereocenters. The van der Waals surface area contributed by atoms with Crippen molar-refractivity contribution in [3.8, 4) is 6.07 Å². The van der Waals surface area contributed by atoms with Crippen molar-refractivity contribution in [1.82, 2.24) is 0 Å². The van der Waals surface area contributed by atoms with Crippen LogP contribution in [0, 0.1) is 11.3 Å². The zero-order valence-corrected chi connectivity index (χ0v) is 14.8. The minimum Gasteiger partial charge on any atom is -0.423 e. The van der Waals surface area contributed by atoms with Gasteiger partial charge in [-0.3, -0.25) is 0 Å². The fourth-order valence-electron chi connectivity index (χ4n) is 3.30. The first-order valence-electron chi connectivity index (χ1n) is 7.81. The molecule has 1 rings (SSSR count). The van der Waals surface area contributed by atoms with Crippen LogP contribution in [0.15, 0.2) is 12.1 Å². The lowest BCUT2D eigenvalue weighted by atomic mass is 9.78. The Balaban J connectivity index is 3.81. The maximum absolute atomic E-state index is 9.77. The van der Waals surface area contributed by atoms with Crippen LogP contribution in [0.3, 0.4) is 0 Å². The van der Waals surface area contributed by atoms with Crippen LogP contribution in [0.2, 0.25) is 18.1 Å². The van der Waals surface area contributed by atoms with E-state index in [1.54, 1.807) is 6.07 Å². The third-order valence-electron chi connectivity index (χ3n) is 4.84. The van der Waals surface area contributed by atoms with Crippen LogP contribution in [0.1, 0.15) is 51.7 Å². The maximum Gasteiger partial charge on any atom is 0.488 e. The van der Waals surface area contributed by atoms with Gasteiger partial charge in [0.25, 0.3) is 0 Å². The van der Waals surface area contributed by atoms with E-state index in [9.17, 15) is 15.3 Å². The summed E-state index contributed by atoms with van der Waals surface area (Å²) in [6, 6.07) is 9.07. The largest absolute Gasteiger partial charge is 0.488 e. The molecule has 114 valence electrons. The van der Waals surface area contributed by atoms with E-state index in [0.717, 1.165) is 28.9 Å². The van der Waals surface area contributed by atoms with Gasteiger partial charge in [0.05, 0.1) is 19.7 Å². The molecule has 0 saturated carbocycles. The monoisotopic (exact) mass is 303 g/mol. The van der Waals surface area contributed by atoms with Crippen molar-refractivity contribution in [3.05, 3.63) is 23.3 Å². The second-order valence-corrected chi connectivity index (χ2v) is 11.2. The average Bonchev–Trinajstić information content (AvgIpc) is 2.48. The zero-order chi connectivity index (χ0) is 16.2. The van der Waals surface area contributed by atoms with E-state index in [4.69, 9.17) is 0 Å². The summed E-state index contributed by atoms with van der Waals surface area (Å²) in [5, 5.41) is 30.2. The molecular formula is C16H26BNO2Si. The molecule has 1 aromatic carbocycles. The highest BCUT2D eigenvalue weighted by Crippen LogP contribution is 2.25. The molecule has 0 aromatic heterocycles. The smallest absolute Gasteiger partial charge is 0.423 e. The van der Waals surface area contributed by atoms with Crippen molar-refractivity contribution < 1.29 is 10.0 Å². The van der Waals surface area contributed by atoms with Gasteiger partial charge in [-0.15, -0.1) is 0 Å². The Morgan fingerprint density at radius 3 is 2.00 bits per heavy atom. The lowest BCUT2D eigenvalue weighted by molar-refractivity contribution is 0.426. The average molecular weight is 303 g/mol. The highest BCUT2D eigenvalue weighted by molar-refractivity contribution is 6.95. The van der Waals surface area contributed by atoms with Crippen molar-refractivity contribution in [2.24, 2.45) is 0 Å². The van der Waals surface area contributed by atoms with E-state index >= 15 is 0 Å². The minimum atomic E-state index is -1.89. The third-order valence-corrected chi connectivity index (χ3v) is 10.5. The van der Waals surface area contributed by atoms with Crippen molar-refractivity contribution in [3.63, 3.8) is 0 Å². The second-order valence-electron chi connectivity index (χ2n) is 5.98. The number of benzene rings is 1. The van der Waals surface area contributed by atoms with Gasteiger partial charge in [0.15, 0.2) is 0 Å². The van der Waals surface area contributed by atoms with Gasteiger partial charge in [-0.25, -0.2) is 0 Å². The molecule has 0 amide bonds. The Labute approximate surface area is 129 Å². The van der Waals surface area contributed by atoms with E-state index in [-0.39, 0.29) is 5.92 Å². The Hall–Kier alpha value is -1.09. The molecule has 0 fully saturated rings. The van der Waals surface area contributed by atoms with Crippen LogP contribution in [0.25, 0.3) is 0 Å². The van der Waals surface area contributed by atoms with Crippen molar-refractivity contribution >= 4 is 25.8 Å². The zero-order valence-electron chi connectivity index (χ0n) is 13.8. The second kappa shape index (κ2) is 7.26. The van der Waals surface area contributed by atoms with Crippen molar-refractivity contribution in [2.75, 3.05) is 0 Å². The predicted octanol–water partition coefficient (Wildman–Crippen LogP) is 2.08. The Morgan fingerprint density at radius 1 is 1.14 bits per heavy atom. The molecule has 0 aliphatic heterocycles. The van der Waals surface area contributed by atoms with E-state index in [2.05, 4.69) is 40.7 Å². The van der Waals surface area contributed by atoms with Crippen LogP contribution in [0.5, 0.6) is 0 Å². The summed E-state index contributed by atoms with van der Waals surface area (Å²) in [6.07, 6.45) is 0. The molecule has 0 radical (unpaired) electrons. The first-order chi connectivity index (χ1) is 9.88. The van der Waals surface area contributed by atoms with Gasteiger partial charge in [0.1, 0.15) is 0 Å². The molecule has 2 N–H and O–H groups in total. The van der Waals surface area contributed by atoms with Gasteiger partial charge in [0, 0.05) is 0 Å². The highest BCUT2D eigenvalue weighted by atomic mass is 28.3. The van der Waals surface area contributed by atoms with Crippen LogP contribution < -0.4 is 10.6 Å². The molecule has 0 saturated heterocycles. The highest BCUT2D eigenvalue weighted by Gasteiger charge is 2.37. The summed E-state index contributed by atoms with van der Waals surface area (Å²) in [6.45, 7) is 10.6. The third kappa shape index (κ3) is 3.23. The molecule has 3 nitrogen and oxygen atoms in total. The first-order valence-corrected chi connectivity index (χ1v) is 10.4. The molecule has 0 aliphatic carbocycles. The van der Waals surface area contributed by atoms with Crippen molar-refractivity contribution in [2.45, 2.75) is 58.7 Å². The molecule has 5 heteroatoms. The number of nitrogens with zero attached hydrogens (tertiary/aromatic N) is 1. The van der Waals surface area contributed by atoms with Gasteiger partial charge < -0.3 is 10.0 Å². The number of rotatable bonds is 6. The number of hydrogen-bond donors (Lipinski definition) is 2. The predicted molar refractivity (Wildman–Crippen MR) is 91.9 cm³/mol. The van der Waals surface area contributed by atoms with Gasteiger partial charge in [-0.1, -0.05) is 64.9 Å². The quantitative estimate of drug-likeness (QED) is 0.791. The summed E-state index contributed by atoms with van der Waals surface area (Å²) in [4.78, 5) is 0.